The van der Waals surface area contributed by atoms with Gasteiger partial charge in [-0.25, -0.2) is 0 Å². The Bertz CT molecular complexity index is 617. The molecule has 19 heavy (non-hydrogen) atoms. The molecule has 0 spiro atoms. The minimum absolute atomic E-state index is 0.863. The van der Waals surface area contributed by atoms with Crippen molar-refractivity contribution in [1.29, 1.82) is 0 Å². The summed E-state index contributed by atoms with van der Waals surface area (Å²) in [5.41, 5.74) is 13.7. The first-order chi connectivity index (χ1) is 9.15. The van der Waals surface area contributed by atoms with Crippen LogP contribution in [0.4, 0.5) is 11.4 Å². The van der Waals surface area contributed by atoms with Crippen molar-refractivity contribution in [2.24, 2.45) is 0 Å². The van der Waals surface area contributed by atoms with E-state index in [1.807, 2.05) is 6.07 Å². The van der Waals surface area contributed by atoms with Gasteiger partial charge in [0.1, 0.15) is 0 Å². The third-order valence-electron chi connectivity index (χ3n) is 4.16. The van der Waals surface area contributed by atoms with Crippen LogP contribution in [0.3, 0.4) is 0 Å². The van der Waals surface area contributed by atoms with E-state index in [2.05, 4.69) is 49.1 Å². The summed E-state index contributed by atoms with van der Waals surface area (Å²) in [6.07, 6.45) is 1.10. The Labute approximate surface area is 114 Å². The van der Waals surface area contributed by atoms with Gasteiger partial charge in [-0.1, -0.05) is 18.2 Å². The summed E-state index contributed by atoms with van der Waals surface area (Å²) in [6, 6.07) is 12.8. The van der Waals surface area contributed by atoms with Gasteiger partial charge in [-0.3, -0.25) is 0 Å². The van der Waals surface area contributed by atoms with Crippen molar-refractivity contribution in [3.63, 3.8) is 0 Å². The zero-order valence-corrected chi connectivity index (χ0v) is 11.6. The summed E-state index contributed by atoms with van der Waals surface area (Å²) < 4.78 is 0. The summed E-state index contributed by atoms with van der Waals surface area (Å²) >= 11 is 0. The van der Waals surface area contributed by atoms with Crippen LogP contribution in [0.5, 0.6) is 0 Å². The molecule has 2 aromatic carbocycles. The fourth-order valence-corrected chi connectivity index (χ4v) is 2.86. The monoisotopic (exact) mass is 252 g/mol. The van der Waals surface area contributed by atoms with Gasteiger partial charge in [-0.05, 0) is 60.7 Å². The average molecular weight is 252 g/mol. The van der Waals surface area contributed by atoms with Gasteiger partial charge < -0.3 is 10.6 Å². The summed E-state index contributed by atoms with van der Waals surface area (Å²) in [6.45, 7) is 6.43. The summed E-state index contributed by atoms with van der Waals surface area (Å²) in [7, 11) is 0. The number of nitrogen functional groups attached to an aromatic ring is 1. The van der Waals surface area contributed by atoms with Crippen molar-refractivity contribution in [3.05, 3.63) is 58.7 Å². The highest BCUT2D eigenvalue weighted by Crippen LogP contribution is 2.29. The molecule has 2 heteroatoms. The van der Waals surface area contributed by atoms with Gasteiger partial charge in [0.05, 0.1) is 0 Å². The van der Waals surface area contributed by atoms with E-state index < -0.39 is 0 Å². The van der Waals surface area contributed by atoms with Crippen molar-refractivity contribution in [3.8, 4) is 0 Å². The predicted molar refractivity (Wildman–Crippen MR) is 81.5 cm³/mol. The molecule has 0 amide bonds. The number of hydrogen-bond donors (Lipinski definition) is 1. The molecular formula is C17H20N2. The molecule has 0 aromatic heterocycles. The second kappa shape index (κ2) is 4.61. The van der Waals surface area contributed by atoms with E-state index in [1.165, 1.54) is 27.9 Å². The van der Waals surface area contributed by atoms with E-state index in [1.54, 1.807) is 0 Å². The molecule has 0 bridgehead atoms. The van der Waals surface area contributed by atoms with Crippen LogP contribution in [-0.2, 0) is 13.0 Å². The van der Waals surface area contributed by atoms with Crippen LogP contribution in [-0.4, -0.2) is 6.54 Å². The van der Waals surface area contributed by atoms with Crippen molar-refractivity contribution >= 4 is 11.4 Å². The minimum Gasteiger partial charge on any atom is -0.399 e. The number of fused-ring (bicyclic) bond motifs is 1. The van der Waals surface area contributed by atoms with Gasteiger partial charge in [0.15, 0.2) is 0 Å². The number of nitrogens with two attached hydrogens (primary N) is 1. The predicted octanol–water partition coefficient (Wildman–Crippen LogP) is 3.45. The van der Waals surface area contributed by atoms with Gasteiger partial charge in [-0.15, -0.1) is 0 Å². The molecule has 0 saturated heterocycles. The van der Waals surface area contributed by atoms with Gasteiger partial charge in [0.2, 0.25) is 0 Å². The van der Waals surface area contributed by atoms with Crippen LogP contribution >= 0.6 is 0 Å². The molecule has 3 rings (SSSR count). The number of aryl methyl sites for hydroxylation is 1. The first-order valence-corrected chi connectivity index (χ1v) is 6.83. The van der Waals surface area contributed by atoms with E-state index in [4.69, 9.17) is 5.73 Å². The van der Waals surface area contributed by atoms with Crippen molar-refractivity contribution < 1.29 is 0 Å². The summed E-state index contributed by atoms with van der Waals surface area (Å²) in [4.78, 5) is 2.46. The third-order valence-corrected chi connectivity index (χ3v) is 4.16. The Kier molecular flexibility index (Phi) is 2.94. The lowest BCUT2D eigenvalue weighted by Crippen LogP contribution is -2.31. The Morgan fingerprint density at radius 1 is 1.05 bits per heavy atom. The van der Waals surface area contributed by atoms with Crippen LogP contribution in [0, 0.1) is 13.8 Å². The molecule has 0 aliphatic carbocycles. The number of rotatable bonds is 1. The van der Waals surface area contributed by atoms with Crippen molar-refractivity contribution in [1.82, 2.24) is 0 Å². The molecule has 2 N–H and O–H groups in total. The summed E-state index contributed by atoms with van der Waals surface area (Å²) in [5, 5.41) is 0. The van der Waals surface area contributed by atoms with Crippen LogP contribution in [0.15, 0.2) is 36.4 Å². The van der Waals surface area contributed by atoms with E-state index in [0.29, 0.717) is 0 Å². The first kappa shape index (κ1) is 12.1. The molecule has 1 heterocycles. The summed E-state index contributed by atoms with van der Waals surface area (Å²) in [5.74, 6) is 0. The highest BCUT2D eigenvalue weighted by Gasteiger charge is 2.18. The molecule has 2 nitrogen and oxygen atoms in total. The molecule has 2 aromatic rings. The SMILES string of the molecule is Cc1cccc(N2CCc3ccc(N)cc3C2)c1C. The minimum atomic E-state index is 0.863. The zero-order valence-electron chi connectivity index (χ0n) is 11.6. The van der Waals surface area contributed by atoms with E-state index in [-0.39, 0.29) is 0 Å². The van der Waals surface area contributed by atoms with Gasteiger partial charge >= 0.3 is 0 Å². The highest BCUT2D eigenvalue weighted by atomic mass is 15.1. The maximum Gasteiger partial charge on any atom is 0.0433 e. The lowest BCUT2D eigenvalue weighted by atomic mass is 9.97. The normalized spacial score (nSPS) is 14.3. The quantitative estimate of drug-likeness (QED) is 0.788. The standard InChI is InChI=1S/C17H20N2/c1-12-4-3-5-17(13(12)2)19-9-8-14-6-7-16(18)10-15(14)11-19/h3-7,10H,8-9,11,18H2,1-2H3. The maximum absolute atomic E-state index is 5.90. The van der Waals surface area contributed by atoms with E-state index in [0.717, 1.165) is 25.2 Å². The Morgan fingerprint density at radius 2 is 1.89 bits per heavy atom. The largest absolute Gasteiger partial charge is 0.399 e. The fourth-order valence-electron chi connectivity index (χ4n) is 2.86. The van der Waals surface area contributed by atoms with E-state index in [9.17, 15) is 0 Å². The first-order valence-electron chi connectivity index (χ1n) is 6.83. The van der Waals surface area contributed by atoms with Crippen LogP contribution in [0.25, 0.3) is 0 Å². The number of nitrogens with zero attached hydrogens (tertiary/aromatic N) is 1. The molecule has 0 radical (unpaired) electrons. The molecule has 98 valence electrons. The van der Waals surface area contributed by atoms with Crippen LogP contribution in [0.2, 0.25) is 0 Å². The molecule has 0 saturated carbocycles. The second-order valence-electron chi connectivity index (χ2n) is 5.42. The fraction of sp³-hybridized carbons (Fsp3) is 0.294. The second-order valence-corrected chi connectivity index (χ2v) is 5.42. The average Bonchev–Trinajstić information content (AvgIpc) is 2.41. The molecule has 1 aliphatic heterocycles. The molecule has 1 aliphatic rings. The molecule has 0 atom stereocenters. The van der Waals surface area contributed by atoms with Gasteiger partial charge in [0.25, 0.3) is 0 Å². The zero-order chi connectivity index (χ0) is 13.4. The lowest BCUT2D eigenvalue weighted by Gasteiger charge is -2.32. The topological polar surface area (TPSA) is 29.3 Å². The Morgan fingerprint density at radius 3 is 2.74 bits per heavy atom. The van der Waals surface area contributed by atoms with Crippen LogP contribution in [0.1, 0.15) is 22.3 Å². The Balaban J connectivity index is 1.95. The third kappa shape index (κ3) is 2.19. The van der Waals surface area contributed by atoms with E-state index >= 15 is 0 Å². The molecule has 0 unspecified atom stereocenters. The van der Waals surface area contributed by atoms with Gasteiger partial charge in [-0.2, -0.15) is 0 Å². The van der Waals surface area contributed by atoms with Gasteiger partial charge in [0, 0.05) is 24.5 Å². The van der Waals surface area contributed by atoms with Crippen LogP contribution < -0.4 is 10.6 Å². The molecular weight excluding hydrogens is 232 g/mol. The smallest absolute Gasteiger partial charge is 0.0433 e. The van der Waals surface area contributed by atoms with Crippen molar-refractivity contribution in [2.45, 2.75) is 26.8 Å². The maximum atomic E-state index is 5.90. The number of hydrogen-bond acceptors (Lipinski definition) is 2. The highest BCUT2D eigenvalue weighted by molar-refractivity contribution is 5.58. The number of benzene rings is 2. The molecule has 0 fully saturated rings. The Hall–Kier alpha value is -1.96. The van der Waals surface area contributed by atoms with Crippen molar-refractivity contribution in [2.75, 3.05) is 17.2 Å². The number of anilines is 2. The lowest BCUT2D eigenvalue weighted by molar-refractivity contribution is 0.729.